The van der Waals surface area contributed by atoms with E-state index in [2.05, 4.69) is 39.9 Å². The van der Waals surface area contributed by atoms with Crippen LogP contribution in [0.25, 0.3) is 0 Å². The van der Waals surface area contributed by atoms with Gasteiger partial charge in [-0.05, 0) is 42.9 Å². The first-order chi connectivity index (χ1) is 7.54. The van der Waals surface area contributed by atoms with Gasteiger partial charge in [-0.3, -0.25) is 9.48 Å². The van der Waals surface area contributed by atoms with Gasteiger partial charge in [0.2, 0.25) is 5.91 Å². The number of hydrogen-bond acceptors (Lipinski definition) is 2. The molecule has 90 valence electrons. The molecule has 0 radical (unpaired) electrons. The smallest absolute Gasteiger partial charge is 0.244 e. The Hall–Kier alpha value is -0.590. The number of aromatic nitrogens is 2. The molecule has 0 saturated carbocycles. The van der Waals surface area contributed by atoms with E-state index in [4.69, 9.17) is 0 Å². The van der Waals surface area contributed by atoms with Crippen LogP contribution in [0.5, 0.6) is 0 Å². The van der Waals surface area contributed by atoms with Crippen molar-refractivity contribution in [1.29, 1.82) is 0 Å². The first-order valence-corrected chi connectivity index (χ1v) is 6.62. The molecule has 2 atom stereocenters. The minimum atomic E-state index is -0.247. The highest BCUT2D eigenvalue weighted by molar-refractivity contribution is 14.1. The summed E-state index contributed by atoms with van der Waals surface area (Å²) in [6.45, 7) is 6.00. The van der Waals surface area contributed by atoms with Crippen LogP contribution >= 0.6 is 22.6 Å². The largest absolute Gasteiger partial charge is 0.352 e. The standard InChI is InChI=1S/C11H18IN3O/c1-4-5-8(2)14-11(16)9(3)15-7-10(12)6-13-15/h6-9H,4-5H2,1-3H3,(H,14,16). The molecule has 16 heavy (non-hydrogen) atoms. The van der Waals surface area contributed by atoms with Crippen molar-refractivity contribution in [2.45, 2.75) is 45.7 Å². The summed E-state index contributed by atoms with van der Waals surface area (Å²) in [5.41, 5.74) is 0. The van der Waals surface area contributed by atoms with Crippen LogP contribution in [0.2, 0.25) is 0 Å². The van der Waals surface area contributed by atoms with Gasteiger partial charge in [-0.2, -0.15) is 5.10 Å². The molecule has 0 aliphatic heterocycles. The monoisotopic (exact) mass is 335 g/mol. The van der Waals surface area contributed by atoms with Gasteiger partial charge in [-0.25, -0.2) is 0 Å². The summed E-state index contributed by atoms with van der Waals surface area (Å²) in [6, 6.07) is -0.0163. The molecule has 5 heteroatoms. The van der Waals surface area contributed by atoms with Gasteiger partial charge in [-0.15, -0.1) is 0 Å². The van der Waals surface area contributed by atoms with Gasteiger partial charge in [0.25, 0.3) is 0 Å². The van der Waals surface area contributed by atoms with Crippen LogP contribution in [0.3, 0.4) is 0 Å². The topological polar surface area (TPSA) is 46.9 Å². The minimum Gasteiger partial charge on any atom is -0.352 e. The van der Waals surface area contributed by atoms with Gasteiger partial charge in [0.15, 0.2) is 0 Å². The predicted molar refractivity (Wildman–Crippen MR) is 72.2 cm³/mol. The second-order valence-electron chi connectivity index (χ2n) is 4.01. The van der Waals surface area contributed by atoms with E-state index in [0.29, 0.717) is 0 Å². The fourth-order valence-electron chi connectivity index (χ4n) is 1.52. The summed E-state index contributed by atoms with van der Waals surface area (Å²) < 4.78 is 2.73. The lowest BCUT2D eigenvalue weighted by Gasteiger charge is -2.17. The maximum Gasteiger partial charge on any atom is 0.244 e. The van der Waals surface area contributed by atoms with Gasteiger partial charge in [0, 0.05) is 12.2 Å². The fraction of sp³-hybridized carbons (Fsp3) is 0.636. The van der Waals surface area contributed by atoms with Crippen molar-refractivity contribution in [3.8, 4) is 0 Å². The van der Waals surface area contributed by atoms with Crippen molar-refractivity contribution in [3.05, 3.63) is 16.0 Å². The van der Waals surface area contributed by atoms with Crippen molar-refractivity contribution >= 4 is 28.5 Å². The maximum absolute atomic E-state index is 11.9. The highest BCUT2D eigenvalue weighted by Crippen LogP contribution is 2.09. The highest BCUT2D eigenvalue weighted by atomic mass is 127. The summed E-state index contributed by atoms with van der Waals surface area (Å²) in [4.78, 5) is 11.9. The third kappa shape index (κ3) is 3.77. The lowest BCUT2D eigenvalue weighted by Crippen LogP contribution is -2.37. The molecule has 2 unspecified atom stereocenters. The third-order valence-corrected chi connectivity index (χ3v) is 3.01. The number of nitrogens with zero attached hydrogens (tertiary/aromatic N) is 2. The molecule has 1 amide bonds. The molecular weight excluding hydrogens is 317 g/mol. The molecule has 1 aromatic heterocycles. The SMILES string of the molecule is CCCC(C)NC(=O)C(C)n1cc(I)cn1. The van der Waals surface area contributed by atoms with Gasteiger partial charge < -0.3 is 5.32 Å². The Labute approximate surface area is 110 Å². The minimum absolute atomic E-state index is 0.0282. The van der Waals surface area contributed by atoms with Gasteiger partial charge in [-0.1, -0.05) is 13.3 Å². The normalized spacial score (nSPS) is 14.5. The molecule has 4 nitrogen and oxygen atoms in total. The number of carbonyl (C=O) groups excluding carboxylic acids is 1. The van der Waals surface area contributed by atoms with E-state index in [9.17, 15) is 4.79 Å². The first kappa shape index (κ1) is 13.5. The van der Waals surface area contributed by atoms with Crippen molar-refractivity contribution in [2.24, 2.45) is 0 Å². The zero-order valence-electron chi connectivity index (χ0n) is 9.90. The third-order valence-electron chi connectivity index (χ3n) is 2.46. The summed E-state index contributed by atoms with van der Waals surface area (Å²) >= 11 is 2.18. The molecule has 1 heterocycles. The van der Waals surface area contributed by atoms with E-state index in [1.54, 1.807) is 10.9 Å². The Morgan fingerprint density at radius 1 is 1.62 bits per heavy atom. The lowest BCUT2D eigenvalue weighted by molar-refractivity contribution is -0.124. The van der Waals surface area contributed by atoms with Crippen LogP contribution in [0.4, 0.5) is 0 Å². The second kappa shape index (κ2) is 6.22. The van der Waals surface area contributed by atoms with Crippen molar-refractivity contribution < 1.29 is 4.79 Å². The number of nitrogens with one attached hydrogen (secondary N) is 1. The second-order valence-corrected chi connectivity index (χ2v) is 5.26. The number of carbonyl (C=O) groups is 1. The maximum atomic E-state index is 11.9. The number of amides is 1. The van der Waals surface area contributed by atoms with Crippen LogP contribution in [-0.2, 0) is 4.79 Å². The number of hydrogen-bond donors (Lipinski definition) is 1. The zero-order valence-corrected chi connectivity index (χ0v) is 12.1. The van der Waals surface area contributed by atoms with Crippen molar-refractivity contribution in [1.82, 2.24) is 15.1 Å². The molecular formula is C11H18IN3O. The summed E-state index contributed by atoms with van der Waals surface area (Å²) in [6.07, 6.45) is 5.71. The Kier molecular flexibility index (Phi) is 5.24. The average Bonchev–Trinajstić information content (AvgIpc) is 2.64. The van der Waals surface area contributed by atoms with E-state index < -0.39 is 0 Å². The molecule has 1 rings (SSSR count). The van der Waals surface area contributed by atoms with E-state index in [-0.39, 0.29) is 18.0 Å². The molecule has 0 spiro atoms. The summed E-state index contributed by atoms with van der Waals surface area (Å²) in [7, 11) is 0. The molecule has 0 aliphatic carbocycles. The number of halogens is 1. The van der Waals surface area contributed by atoms with Crippen LogP contribution < -0.4 is 5.32 Å². The fourth-order valence-corrected chi connectivity index (χ4v) is 1.93. The van der Waals surface area contributed by atoms with E-state index in [0.717, 1.165) is 16.4 Å². The first-order valence-electron chi connectivity index (χ1n) is 5.54. The van der Waals surface area contributed by atoms with Gasteiger partial charge in [0.1, 0.15) is 6.04 Å². The Balaban J connectivity index is 2.54. The van der Waals surface area contributed by atoms with Crippen molar-refractivity contribution in [2.75, 3.05) is 0 Å². The van der Waals surface area contributed by atoms with Crippen LogP contribution in [-0.4, -0.2) is 21.7 Å². The van der Waals surface area contributed by atoms with E-state index in [1.165, 1.54) is 0 Å². The van der Waals surface area contributed by atoms with Crippen LogP contribution in [0.15, 0.2) is 12.4 Å². The quantitative estimate of drug-likeness (QED) is 0.840. The van der Waals surface area contributed by atoms with E-state index >= 15 is 0 Å². The Bertz CT molecular complexity index is 351. The Morgan fingerprint density at radius 3 is 2.81 bits per heavy atom. The molecule has 0 aliphatic rings. The molecule has 0 bridgehead atoms. The summed E-state index contributed by atoms with van der Waals surface area (Å²) in [5, 5.41) is 7.12. The van der Waals surface area contributed by atoms with Gasteiger partial charge in [0.05, 0.1) is 9.77 Å². The average molecular weight is 335 g/mol. The van der Waals surface area contributed by atoms with Gasteiger partial charge >= 0.3 is 0 Å². The predicted octanol–water partition coefficient (Wildman–Crippen LogP) is 2.35. The van der Waals surface area contributed by atoms with E-state index in [1.807, 2.05) is 20.0 Å². The molecule has 0 fully saturated rings. The van der Waals surface area contributed by atoms with Crippen LogP contribution in [0.1, 0.15) is 39.7 Å². The lowest BCUT2D eigenvalue weighted by atomic mass is 10.2. The molecule has 1 N–H and O–H groups in total. The number of rotatable bonds is 5. The molecule has 1 aromatic rings. The summed E-state index contributed by atoms with van der Waals surface area (Å²) in [5.74, 6) is 0.0282. The van der Waals surface area contributed by atoms with Crippen molar-refractivity contribution in [3.63, 3.8) is 0 Å². The zero-order chi connectivity index (χ0) is 12.1. The molecule has 0 aromatic carbocycles. The Morgan fingerprint density at radius 2 is 2.31 bits per heavy atom. The van der Waals surface area contributed by atoms with Crippen LogP contribution in [0, 0.1) is 3.57 Å². The highest BCUT2D eigenvalue weighted by Gasteiger charge is 2.17. The molecule has 0 saturated heterocycles.